The van der Waals surface area contributed by atoms with Crippen molar-refractivity contribution in [3.05, 3.63) is 50.2 Å². The molecule has 0 aromatic heterocycles. The van der Waals surface area contributed by atoms with E-state index in [0.29, 0.717) is 0 Å². The topological polar surface area (TPSA) is 26.0 Å². The zero-order valence-electron chi connectivity index (χ0n) is 17.9. The van der Waals surface area contributed by atoms with E-state index >= 15 is 0 Å². The van der Waals surface area contributed by atoms with Gasteiger partial charge < -0.3 is 19.6 Å². The molecule has 0 fully saturated rings. The molecular weight excluding hydrogens is 420 g/mol. The molecule has 0 heterocycles. The molecule has 0 unspecified atom stereocenters. The van der Waals surface area contributed by atoms with Gasteiger partial charge in [-0.25, -0.2) is 0 Å². The molecule has 0 saturated heterocycles. The number of hydrogen-bond acceptors (Lipinski definition) is 1. The molecule has 27 heavy (non-hydrogen) atoms. The summed E-state index contributed by atoms with van der Waals surface area (Å²) >= 11 is 7.65. The SMILES string of the molecule is NC(=S)S.[CH2-]CCCCCCC.[CH2-]CCCCCCC.[Zn].[c-]1ccccc1. The third-order valence-electron chi connectivity index (χ3n) is 3.31. The second-order valence-corrected chi connectivity index (χ2v) is 7.18. The molecule has 2 N–H and O–H groups in total. The van der Waals surface area contributed by atoms with Crippen molar-refractivity contribution in [1.82, 2.24) is 0 Å². The Balaban J connectivity index is -0.000000133. The number of thiocarbonyl (C=S) groups is 1. The summed E-state index contributed by atoms with van der Waals surface area (Å²) in [5.74, 6) is 0. The molecule has 4 heteroatoms. The van der Waals surface area contributed by atoms with Crippen molar-refractivity contribution in [2.24, 2.45) is 5.73 Å². The average Bonchev–Trinajstić information content (AvgIpc) is 2.65. The zero-order chi connectivity index (χ0) is 20.3. The fourth-order valence-corrected chi connectivity index (χ4v) is 1.90. The Bertz CT molecular complexity index is 280. The number of rotatable bonds is 10. The minimum Gasteiger partial charge on any atom is -0.385 e. The molecule has 0 bridgehead atoms. The molecule has 1 aromatic rings. The molecule has 0 aliphatic heterocycles. The van der Waals surface area contributed by atoms with Gasteiger partial charge in [-0.15, -0.1) is 12.6 Å². The smallest absolute Gasteiger partial charge is 0.128 e. The second kappa shape index (κ2) is 36.9. The molecule has 0 atom stereocenters. The van der Waals surface area contributed by atoms with Crippen molar-refractivity contribution in [2.45, 2.75) is 90.9 Å². The van der Waals surface area contributed by atoms with Gasteiger partial charge in [-0.3, -0.25) is 0 Å². The number of nitrogens with two attached hydrogens (primary N) is 1. The number of thiol groups is 1. The average molecular weight is 462 g/mol. The Morgan fingerprint density at radius 2 is 1.15 bits per heavy atom. The van der Waals surface area contributed by atoms with Gasteiger partial charge in [0.2, 0.25) is 0 Å². The van der Waals surface area contributed by atoms with E-state index in [9.17, 15) is 0 Å². The van der Waals surface area contributed by atoms with Crippen LogP contribution in [0.1, 0.15) is 90.9 Å². The standard InChI is InChI=1S/2C8H17.C6H5.CH3NS2.Zn/c2*1-3-5-7-8-6-4-2;1-2-4-6-5-3-1;2-1(3)4;/h2*1,3-8H2,2H3;1-5H;(H3,2,3,4);/q3*-1;;. The molecule has 1 aromatic carbocycles. The van der Waals surface area contributed by atoms with E-state index in [-0.39, 0.29) is 23.8 Å². The van der Waals surface area contributed by atoms with Crippen LogP contribution in [0.3, 0.4) is 0 Å². The summed E-state index contributed by atoms with van der Waals surface area (Å²) in [5, 5.41) is 0. The first-order valence-corrected chi connectivity index (χ1v) is 10.9. The third-order valence-corrected chi connectivity index (χ3v) is 3.31. The van der Waals surface area contributed by atoms with Gasteiger partial charge in [0.15, 0.2) is 0 Å². The van der Waals surface area contributed by atoms with Crippen LogP contribution in [0.5, 0.6) is 0 Å². The number of unbranched alkanes of at least 4 members (excludes halogenated alkanes) is 10. The van der Waals surface area contributed by atoms with Crippen molar-refractivity contribution in [3.63, 3.8) is 0 Å². The molecule has 0 aliphatic rings. The van der Waals surface area contributed by atoms with Gasteiger partial charge in [-0.1, -0.05) is 90.3 Å². The van der Waals surface area contributed by atoms with Crippen LogP contribution in [0.2, 0.25) is 0 Å². The molecule has 156 valence electrons. The van der Waals surface area contributed by atoms with E-state index in [4.69, 9.17) is 5.73 Å². The Morgan fingerprint density at radius 3 is 1.33 bits per heavy atom. The molecule has 0 saturated carbocycles. The number of hydrogen-bond donors (Lipinski definition) is 2. The van der Waals surface area contributed by atoms with Crippen LogP contribution in [0.25, 0.3) is 0 Å². The molecule has 1 nitrogen and oxygen atoms in total. The summed E-state index contributed by atoms with van der Waals surface area (Å²) in [7, 11) is 0. The first-order valence-electron chi connectivity index (χ1n) is 10.0. The monoisotopic (exact) mass is 460 g/mol. The van der Waals surface area contributed by atoms with Crippen LogP contribution in [0.4, 0.5) is 0 Å². The van der Waals surface area contributed by atoms with E-state index in [1.54, 1.807) is 0 Å². The minimum atomic E-state index is 0. The maximum atomic E-state index is 4.71. The fraction of sp³-hybridized carbons (Fsp3) is 0.609. The van der Waals surface area contributed by atoms with Crippen LogP contribution in [-0.4, -0.2) is 4.32 Å². The molecule has 0 aliphatic carbocycles. The van der Waals surface area contributed by atoms with Crippen LogP contribution in [-0.2, 0) is 19.5 Å². The second-order valence-electron chi connectivity index (χ2n) is 5.95. The molecule has 0 radical (unpaired) electrons. The van der Waals surface area contributed by atoms with Crippen molar-refractivity contribution in [3.8, 4) is 0 Å². The molecule has 0 amide bonds. The van der Waals surface area contributed by atoms with E-state index in [2.05, 4.69) is 58.6 Å². The summed E-state index contributed by atoms with van der Waals surface area (Å²) < 4.78 is 0.194. The minimum absolute atomic E-state index is 0. The van der Waals surface area contributed by atoms with Crippen LogP contribution in [0, 0.1) is 19.9 Å². The van der Waals surface area contributed by atoms with Gasteiger partial charge in [-0.05, 0) is 0 Å². The molecule has 0 spiro atoms. The van der Waals surface area contributed by atoms with E-state index in [1.807, 2.05) is 30.3 Å². The number of benzene rings is 1. The van der Waals surface area contributed by atoms with E-state index in [1.165, 1.54) is 64.2 Å². The van der Waals surface area contributed by atoms with E-state index < -0.39 is 0 Å². The van der Waals surface area contributed by atoms with Gasteiger partial charge in [0, 0.05) is 19.5 Å². The van der Waals surface area contributed by atoms with Gasteiger partial charge in [0.05, 0.1) is 0 Å². The van der Waals surface area contributed by atoms with Crippen LogP contribution >= 0.6 is 24.8 Å². The maximum Gasteiger partial charge on any atom is 0.128 e. The summed E-state index contributed by atoms with van der Waals surface area (Å²) in [6, 6.07) is 12.5. The first-order chi connectivity index (χ1) is 12.6. The van der Waals surface area contributed by atoms with Crippen LogP contribution < -0.4 is 5.73 Å². The summed E-state index contributed by atoms with van der Waals surface area (Å²) in [6.07, 6.45) is 16.0. The predicted octanol–water partition coefficient (Wildman–Crippen LogP) is 8.01. The summed E-state index contributed by atoms with van der Waals surface area (Å²) in [4.78, 5) is 0. The van der Waals surface area contributed by atoms with Crippen molar-refractivity contribution in [2.75, 3.05) is 0 Å². The Labute approximate surface area is 194 Å². The van der Waals surface area contributed by atoms with Crippen molar-refractivity contribution >= 4 is 29.2 Å². The largest absolute Gasteiger partial charge is 0.385 e. The van der Waals surface area contributed by atoms with Gasteiger partial charge in [0.25, 0.3) is 0 Å². The first kappa shape index (κ1) is 34.6. The Kier molecular flexibility index (Phi) is 47.3. The fourth-order valence-electron chi connectivity index (χ4n) is 1.90. The molecule has 1 rings (SSSR count). The maximum absolute atomic E-state index is 4.71. The van der Waals surface area contributed by atoms with E-state index in [0.717, 1.165) is 12.8 Å². The van der Waals surface area contributed by atoms with Crippen molar-refractivity contribution < 1.29 is 19.5 Å². The van der Waals surface area contributed by atoms with Gasteiger partial charge >= 0.3 is 0 Å². The normalized spacial score (nSPS) is 8.48. The molecular formula is C23H42NS2Zn-3. The van der Waals surface area contributed by atoms with Crippen molar-refractivity contribution in [1.29, 1.82) is 0 Å². The summed E-state index contributed by atoms with van der Waals surface area (Å²) in [5.41, 5.74) is 4.71. The zero-order valence-corrected chi connectivity index (χ0v) is 22.6. The van der Waals surface area contributed by atoms with Gasteiger partial charge in [0.1, 0.15) is 4.32 Å². The quantitative estimate of drug-likeness (QED) is 0.121. The Morgan fingerprint density at radius 1 is 0.815 bits per heavy atom. The van der Waals surface area contributed by atoms with Crippen LogP contribution in [0.15, 0.2) is 30.3 Å². The third kappa shape index (κ3) is 58.5. The van der Waals surface area contributed by atoms with Gasteiger partial charge in [-0.2, -0.15) is 49.2 Å². The summed E-state index contributed by atoms with van der Waals surface area (Å²) in [6.45, 7) is 12.0. The predicted molar refractivity (Wildman–Crippen MR) is 129 cm³/mol. The Hall–Kier alpha value is 0.0834.